The van der Waals surface area contributed by atoms with Crippen molar-refractivity contribution in [3.63, 3.8) is 0 Å². The molecule has 0 unspecified atom stereocenters. The van der Waals surface area contributed by atoms with Crippen LogP contribution >= 0.6 is 11.6 Å². The number of nitrogens with one attached hydrogen (secondary N) is 1. The molecular formula is C13H18ClN3O. The van der Waals surface area contributed by atoms with Gasteiger partial charge in [0.25, 0.3) is 0 Å². The van der Waals surface area contributed by atoms with Crippen LogP contribution in [0.2, 0.25) is 5.02 Å². The molecule has 0 aromatic heterocycles. The van der Waals surface area contributed by atoms with Gasteiger partial charge in [-0.25, -0.2) is 0 Å². The second kappa shape index (κ2) is 5.59. The predicted octanol–water partition coefficient (Wildman–Crippen LogP) is 1.55. The topological polar surface area (TPSA) is 58.4 Å². The number of carbonyl (C=O) groups excluding carboxylic acids is 1. The molecule has 0 spiro atoms. The van der Waals surface area contributed by atoms with Gasteiger partial charge in [0.2, 0.25) is 5.91 Å². The highest BCUT2D eigenvalue weighted by Crippen LogP contribution is 2.24. The number of nitrogens with two attached hydrogens (primary N) is 1. The lowest BCUT2D eigenvalue weighted by molar-refractivity contribution is -0.120. The van der Waals surface area contributed by atoms with E-state index in [9.17, 15) is 4.79 Å². The molecule has 2 rings (SSSR count). The summed E-state index contributed by atoms with van der Waals surface area (Å²) in [5, 5.41) is 3.57. The normalized spacial score (nSPS) is 17.3. The summed E-state index contributed by atoms with van der Waals surface area (Å²) in [6.07, 6.45) is 0.541. The van der Waals surface area contributed by atoms with Crippen molar-refractivity contribution in [1.29, 1.82) is 0 Å². The largest absolute Gasteiger partial charge is 0.398 e. The monoisotopic (exact) mass is 267 g/mol. The van der Waals surface area contributed by atoms with Crippen LogP contribution in [-0.2, 0) is 11.3 Å². The first-order valence-corrected chi connectivity index (χ1v) is 6.47. The molecular weight excluding hydrogens is 250 g/mol. The minimum atomic E-state index is 0.118. The van der Waals surface area contributed by atoms with E-state index in [1.54, 1.807) is 0 Å². The lowest BCUT2D eigenvalue weighted by Crippen LogP contribution is -2.28. The van der Waals surface area contributed by atoms with Gasteiger partial charge >= 0.3 is 0 Å². The zero-order chi connectivity index (χ0) is 13.1. The Balaban J connectivity index is 2.11. The number of hydrogen-bond acceptors (Lipinski definition) is 3. The van der Waals surface area contributed by atoms with Crippen molar-refractivity contribution >= 4 is 23.2 Å². The summed E-state index contributed by atoms with van der Waals surface area (Å²) in [7, 11) is 0. The first-order valence-electron chi connectivity index (χ1n) is 6.10. The molecule has 1 heterocycles. The van der Waals surface area contributed by atoms with Gasteiger partial charge in [-0.15, -0.1) is 0 Å². The van der Waals surface area contributed by atoms with Crippen LogP contribution in [0, 0.1) is 6.92 Å². The highest BCUT2D eigenvalue weighted by molar-refractivity contribution is 6.30. The van der Waals surface area contributed by atoms with Gasteiger partial charge in [0.15, 0.2) is 0 Å². The first kappa shape index (κ1) is 13.2. The number of halogens is 1. The van der Waals surface area contributed by atoms with Crippen molar-refractivity contribution in [2.45, 2.75) is 19.9 Å². The Labute approximate surface area is 112 Å². The van der Waals surface area contributed by atoms with Gasteiger partial charge in [-0.1, -0.05) is 11.6 Å². The Bertz CT molecular complexity index is 462. The summed E-state index contributed by atoms with van der Waals surface area (Å²) in [6.45, 7) is 4.99. The zero-order valence-electron chi connectivity index (χ0n) is 10.5. The third-order valence-corrected chi connectivity index (χ3v) is 3.45. The Hall–Kier alpha value is -1.26. The van der Waals surface area contributed by atoms with Crippen LogP contribution in [-0.4, -0.2) is 30.4 Å². The number of benzene rings is 1. The fourth-order valence-corrected chi connectivity index (χ4v) is 2.46. The molecule has 1 aromatic rings. The lowest BCUT2D eigenvalue weighted by atomic mass is 10.1. The summed E-state index contributed by atoms with van der Waals surface area (Å²) >= 11 is 6.05. The molecule has 1 aliphatic heterocycles. The number of nitrogen functional groups attached to an aromatic ring is 1. The van der Waals surface area contributed by atoms with Gasteiger partial charge < -0.3 is 11.1 Å². The molecule has 0 aliphatic carbocycles. The van der Waals surface area contributed by atoms with Crippen molar-refractivity contribution in [1.82, 2.24) is 10.2 Å². The average Bonchev–Trinajstić information content (AvgIpc) is 2.51. The maximum Gasteiger partial charge on any atom is 0.221 e. The highest BCUT2D eigenvalue weighted by atomic mass is 35.5. The number of nitrogens with zero attached hydrogens (tertiary/aromatic N) is 1. The number of rotatable bonds is 2. The Morgan fingerprint density at radius 3 is 3.00 bits per heavy atom. The number of aryl methyl sites for hydroxylation is 1. The third-order valence-electron chi connectivity index (χ3n) is 3.24. The van der Waals surface area contributed by atoms with Crippen molar-refractivity contribution < 1.29 is 4.79 Å². The molecule has 0 radical (unpaired) electrons. The minimum absolute atomic E-state index is 0.118. The van der Waals surface area contributed by atoms with E-state index in [1.807, 2.05) is 19.1 Å². The molecule has 0 bridgehead atoms. The standard InChI is InChI=1S/C13H18ClN3O/c1-9-6-11(14)7-10(13(9)15)8-17-4-2-12(18)16-3-5-17/h6-7H,2-5,8,15H2,1H3,(H,16,18). The van der Waals surface area contributed by atoms with Crippen LogP contribution in [0.4, 0.5) is 5.69 Å². The van der Waals surface area contributed by atoms with E-state index in [4.69, 9.17) is 17.3 Å². The van der Waals surface area contributed by atoms with Crippen LogP contribution in [0.3, 0.4) is 0 Å². The van der Waals surface area contributed by atoms with Crippen LogP contribution < -0.4 is 11.1 Å². The van der Waals surface area contributed by atoms with Crippen LogP contribution in [0.5, 0.6) is 0 Å². The van der Waals surface area contributed by atoms with E-state index in [0.717, 1.165) is 36.4 Å². The fraction of sp³-hybridized carbons (Fsp3) is 0.462. The second-order valence-electron chi connectivity index (χ2n) is 4.67. The number of hydrogen-bond donors (Lipinski definition) is 2. The van der Waals surface area contributed by atoms with Crippen molar-refractivity contribution in [3.8, 4) is 0 Å². The van der Waals surface area contributed by atoms with E-state index in [1.165, 1.54) is 0 Å². The summed E-state index contributed by atoms with van der Waals surface area (Å²) in [5.74, 6) is 0.118. The van der Waals surface area contributed by atoms with Crippen molar-refractivity contribution in [2.24, 2.45) is 0 Å². The minimum Gasteiger partial charge on any atom is -0.398 e. The van der Waals surface area contributed by atoms with E-state index < -0.39 is 0 Å². The smallest absolute Gasteiger partial charge is 0.221 e. The van der Waals surface area contributed by atoms with Crippen molar-refractivity contribution in [2.75, 3.05) is 25.4 Å². The Kier molecular flexibility index (Phi) is 4.09. The summed E-state index contributed by atoms with van der Waals surface area (Å²) < 4.78 is 0. The second-order valence-corrected chi connectivity index (χ2v) is 5.11. The van der Waals surface area contributed by atoms with Crippen molar-refractivity contribution in [3.05, 3.63) is 28.3 Å². The molecule has 3 N–H and O–H groups in total. The Morgan fingerprint density at radius 1 is 1.44 bits per heavy atom. The van der Waals surface area contributed by atoms with E-state index >= 15 is 0 Å². The maximum absolute atomic E-state index is 11.3. The van der Waals surface area contributed by atoms with Gasteiger partial charge in [-0.2, -0.15) is 0 Å². The first-order chi connectivity index (χ1) is 8.56. The fourth-order valence-electron chi connectivity index (χ4n) is 2.17. The summed E-state index contributed by atoms with van der Waals surface area (Å²) in [4.78, 5) is 13.5. The molecule has 1 amide bonds. The zero-order valence-corrected chi connectivity index (χ0v) is 11.3. The van der Waals surface area contributed by atoms with Crippen LogP contribution in [0.25, 0.3) is 0 Å². The average molecular weight is 268 g/mol. The molecule has 1 aromatic carbocycles. The van der Waals surface area contributed by atoms with Gasteiger partial charge in [-0.3, -0.25) is 9.69 Å². The van der Waals surface area contributed by atoms with Crippen LogP contribution in [0.1, 0.15) is 17.5 Å². The van der Waals surface area contributed by atoms with Crippen LogP contribution in [0.15, 0.2) is 12.1 Å². The van der Waals surface area contributed by atoms with Gasteiger partial charge in [0.1, 0.15) is 0 Å². The van der Waals surface area contributed by atoms with Gasteiger partial charge in [-0.05, 0) is 30.2 Å². The molecule has 1 saturated heterocycles. The third kappa shape index (κ3) is 3.15. The molecule has 4 nitrogen and oxygen atoms in total. The van der Waals surface area contributed by atoms with Gasteiger partial charge in [0, 0.05) is 43.3 Å². The van der Waals surface area contributed by atoms with E-state index in [0.29, 0.717) is 18.0 Å². The molecule has 98 valence electrons. The molecule has 0 atom stereocenters. The lowest BCUT2D eigenvalue weighted by Gasteiger charge is -2.20. The number of anilines is 1. The summed E-state index contributed by atoms with van der Waals surface area (Å²) in [6, 6.07) is 3.78. The quantitative estimate of drug-likeness (QED) is 0.800. The van der Waals surface area contributed by atoms with E-state index in [-0.39, 0.29) is 5.91 Å². The highest BCUT2D eigenvalue weighted by Gasteiger charge is 2.15. The Morgan fingerprint density at radius 2 is 2.22 bits per heavy atom. The molecule has 5 heteroatoms. The van der Waals surface area contributed by atoms with E-state index in [2.05, 4.69) is 10.2 Å². The summed E-state index contributed by atoms with van der Waals surface area (Å²) in [5.41, 5.74) is 8.90. The molecule has 18 heavy (non-hydrogen) atoms. The predicted molar refractivity (Wildman–Crippen MR) is 73.5 cm³/mol. The molecule has 0 saturated carbocycles. The van der Waals surface area contributed by atoms with Gasteiger partial charge in [0.05, 0.1) is 0 Å². The number of carbonyl (C=O) groups is 1. The number of amides is 1. The SMILES string of the molecule is Cc1cc(Cl)cc(CN2CCNC(=O)CC2)c1N. The molecule has 1 fully saturated rings. The maximum atomic E-state index is 11.3. The molecule has 1 aliphatic rings.